The number of hydrogen-bond donors (Lipinski definition) is 1. The van der Waals surface area contributed by atoms with Crippen molar-refractivity contribution >= 4 is 5.91 Å². The van der Waals surface area contributed by atoms with Gasteiger partial charge in [-0.05, 0) is 12.0 Å². The zero-order valence-electron chi connectivity index (χ0n) is 8.52. The van der Waals surface area contributed by atoms with Crippen LogP contribution in [0.4, 0.5) is 0 Å². The summed E-state index contributed by atoms with van der Waals surface area (Å²) >= 11 is 0. The van der Waals surface area contributed by atoms with E-state index in [2.05, 4.69) is 34.5 Å². The summed E-state index contributed by atoms with van der Waals surface area (Å²) in [5.41, 5.74) is 1.33. The second-order valence-electron chi connectivity index (χ2n) is 4.36. The van der Waals surface area contributed by atoms with Crippen LogP contribution in [0.5, 0.6) is 0 Å². The average molecular weight is 202 g/mol. The van der Waals surface area contributed by atoms with Crippen LogP contribution < -0.4 is 5.32 Å². The fourth-order valence-electron chi connectivity index (χ4n) is 2.66. The van der Waals surface area contributed by atoms with Gasteiger partial charge in [0.25, 0.3) is 0 Å². The van der Waals surface area contributed by atoms with Crippen molar-refractivity contribution in [1.82, 2.24) is 10.2 Å². The number of benzene rings is 1. The first kappa shape index (κ1) is 8.92. The minimum Gasteiger partial charge on any atom is -0.351 e. The Balaban J connectivity index is 1.87. The van der Waals surface area contributed by atoms with E-state index in [0.717, 1.165) is 13.0 Å². The van der Waals surface area contributed by atoms with Crippen molar-refractivity contribution in [3.8, 4) is 0 Å². The molecule has 2 bridgehead atoms. The van der Waals surface area contributed by atoms with Crippen molar-refractivity contribution in [2.75, 3.05) is 13.1 Å². The Morgan fingerprint density at radius 1 is 1.27 bits per heavy atom. The molecule has 0 radical (unpaired) electrons. The predicted molar refractivity (Wildman–Crippen MR) is 57.3 cm³/mol. The van der Waals surface area contributed by atoms with E-state index in [-0.39, 0.29) is 5.91 Å². The molecule has 2 heterocycles. The van der Waals surface area contributed by atoms with Gasteiger partial charge in [-0.15, -0.1) is 0 Å². The van der Waals surface area contributed by atoms with E-state index in [1.54, 1.807) is 0 Å². The summed E-state index contributed by atoms with van der Waals surface area (Å²) in [4.78, 5) is 13.6. The quantitative estimate of drug-likeness (QED) is 0.734. The molecule has 3 nitrogen and oxygen atoms in total. The van der Waals surface area contributed by atoms with Crippen LogP contribution in [-0.2, 0) is 4.79 Å². The molecule has 2 aliphatic rings. The van der Waals surface area contributed by atoms with E-state index < -0.39 is 0 Å². The van der Waals surface area contributed by atoms with Crippen LogP contribution in [0.25, 0.3) is 0 Å². The summed E-state index contributed by atoms with van der Waals surface area (Å²) in [6.45, 7) is 1.56. The van der Waals surface area contributed by atoms with E-state index in [4.69, 9.17) is 0 Å². The third-order valence-electron chi connectivity index (χ3n) is 3.30. The maximum atomic E-state index is 11.3. The molecule has 3 heteroatoms. The van der Waals surface area contributed by atoms with Crippen LogP contribution in [0, 0.1) is 0 Å². The Labute approximate surface area is 89.1 Å². The summed E-state index contributed by atoms with van der Waals surface area (Å²) < 4.78 is 0. The predicted octanol–water partition coefficient (Wildman–Crippen LogP) is 0.932. The Morgan fingerprint density at radius 3 is 2.87 bits per heavy atom. The zero-order chi connectivity index (χ0) is 10.3. The molecule has 1 amide bonds. The smallest absolute Gasteiger partial charge is 0.234 e. The topological polar surface area (TPSA) is 32.3 Å². The highest BCUT2D eigenvalue weighted by Gasteiger charge is 2.38. The normalized spacial score (nSPS) is 33.9. The van der Waals surface area contributed by atoms with Crippen LogP contribution in [0.15, 0.2) is 30.3 Å². The van der Waals surface area contributed by atoms with Gasteiger partial charge >= 0.3 is 0 Å². The monoisotopic (exact) mass is 202 g/mol. The molecule has 0 aromatic heterocycles. The molecule has 3 atom stereocenters. The maximum Gasteiger partial charge on any atom is 0.234 e. The lowest BCUT2D eigenvalue weighted by molar-refractivity contribution is -0.124. The van der Waals surface area contributed by atoms with Crippen LogP contribution >= 0.6 is 0 Å². The number of fused-ring (bicyclic) bond motifs is 2. The molecule has 15 heavy (non-hydrogen) atoms. The van der Waals surface area contributed by atoms with E-state index in [0.29, 0.717) is 18.6 Å². The standard InChI is InChI=1S/C12H14N2O/c15-12-8-14-7-10(13-12)6-11(14)9-4-2-1-3-5-9/h1-5,10-11H,6-8H2,(H,13,15). The van der Waals surface area contributed by atoms with Gasteiger partial charge in [0.1, 0.15) is 0 Å². The Bertz CT molecular complexity index is 376. The molecule has 3 unspecified atom stereocenters. The van der Waals surface area contributed by atoms with Crippen molar-refractivity contribution in [2.45, 2.75) is 18.5 Å². The fraction of sp³-hybridized carbons (Fsp3) is 0.417. The molecule has 78 valence electrons. The lowest BCUT2D eigenvalue weighted by Gasteiger charge is -2.26. The highest BCUT2D eigenvalue weighted by molar-refractivity contribution is 5.79. The first-order valence-corrected chi connectivity index (χ1v) is 5.41. The van der Waals surface area contributed by atoms with E-state index in [1.807, 2.05) is 6.07 Å². The van der Waals surface area contributed by atoms with Gasteiger partial charge in [0.05, 0.1) is 6.54 Å². The molecule has 0 saturated carbocycles. The summed E-state index contributed by atoms with van der Waals surface area (Å²) in [5, 5.41) is 3.03. The largest absolute Gasteiger partial charge is 0.351 e. The molecular formula is C12H14N2O. The number of amides is 1. The number of carbonyl (C=O) groups is 1. The second kappa shape index (κ2) is 3.35. The summed E-state index contributed by atoms with van der Waals surface area (Å²) in [6, 6.07) is 11.2. The van der Waals surface area contributed by atoms with Gasteiger partial charge in [0.15, 0.2) is 0 Å². The number of nitrogens with one attached hydrogen (secondary N) is 1. The Morgan fingerprint density at radius 2 is 2.07 bits per heavy atom. The van der Waals surface area contributed by atoms with E-state index in [9.17, 15) is 4.79 Å². The van der Waals surface area contributed by atoms with Crippen LogP contribution in [0.3, 0.4) is 0 Å². The van der Waals surface area contributed by atoms with Gasteiger partial charge in [0.2, 0.25) is 5.91 Å². The average Bonchev–Trinajstić information content (AvgIpc) is 2.55. The lowest BCUT2D eigenvalue weighted by atomic mass is 10.0. The summed E-state index contributed by atoms with van der Waals surface area (Å²) in [5.74, 6) is 0.171. The maximum absolute atomic E-state index is 11.3. The molecule has 1 N–H and O–H groups in total. The molecule has 2 fully saturated rings. The number of rotatable bonds is 1. The van der Waals surface area contributed by atoms with Crippen molar-refractivity contribution in [2.24, 2.45) is 0 Å². The van der Waals surface area contributed by atoms with Gasteiger partial charge in [-0.1, -0.05) is 30.3 Å². The Kier molecular flexibility index (Phi) is 1.99. The summed E-state index contributed by atoms with van der Waals surface area (Å²) in [6.07, 6.45) is 1.05. The molecule has 0 aliphatic carbocycles. The minimum atomic E-state index is 0.171. The molecule has 3 rings (SSSR count). The highest BCUT2D eigenvalue weighted by Crippen LogP contribution is 2.33. The lowest BCUT2D eigenvalue weighted by Crippen LogP contribution is -2.47. The number of nitrogens with zero attached hydrogens (tertiary/aromatic N) is 1. The molecular weight excluding hydrogens is 188 g/mol. The third kappa shape index (κ3) is 1.53. The summed E-state index contributed by atoms with van der Waals surface area (Å²) in [7, 11) is 0. The van der Waals surface area contributed by atoms with Gasteiger partial charge < -0.3 is 5.32 Å². The first-order valence-electron chi connectivity index (χ1n) is 5.41. The van der Waals surface area contributed by atoms with Crippen molar-refractivity contribution in [3.05, 3.63) is 35.9 Å². The molecule has 2 aliphatic heterocycles. The van der Waals surface area contributed by atoms with Crippen LogP contribution in [0.1, 0.15) is 18.0 Å². The van der Waals surface area contributed by atoms with Crippen molar-refractivity contribution in [3.63, 3.8) is 0 Å². The molecule has 1 aromatic carbocycles. The van der Waals surface area contributed by atoms with Gasteiger partial charge in [-0.2, -0.15) is 0 Å². The van der Waals surface area contributed by atoms with E-state index >= 15 is 0 Å². The Hall–Kier alpha value is -1.35. The van der Waals surface area contributed by atoms with Crippen molar-refractivity contribution in [1.29, 1.82) is 0 Å². The number of piperazine rings is 1. The van der Waals surface area contributed by atoms with Crippen LogP contribution in [0.2, 0.25) is 0 Å². The minimum absolute atomic E-state index is 0.171. The molecule has 2 saturated heterocycles. The highest BCUT2D eigenvalue weighted by atomic mass is 16.2. The molecule has 0 spiro atoms. The number of carbonyl (C=O) groups excluding carboxylic acids is 1. The number of hydrogen-bond acceptors (Lipinski definition) is 2. The van der Waals surface area contributed by atoms with E-state index in [1.165, 1.54) is 5.56 Å². The second-order valence-corrected chi connectivity index (χ2v) is 4.36. The third-order valence-corrected chi connectivity index (χ3v) is 3.30. The SMILES string of the molecule is O=C1CN2CC(CC2c2ccccc2)N1. The molecule has 1 aromatic rings. The first-order chi connectivity index (χ1) is 7.33. The van der Waals surface area contributed by atoms with Gasteiger partial charge in [-0.25, -0.2) is 0 Å². The van der Waals surface area contributed by atoms with Crippen molar-refractivity contribution < 1.29 is 4.79 Å². The van der Waals surface area contributed by atoms with Crippen LogP contribution in [-0.4, -0.2) is 29.9 Å². The fourth-order valence-corrected chi connectivity index (χ4v) is 2.66. The zero-order valence-corrected chi connectivity index (χ0v) is 8.52. The van der Waals surface area contributed by atoms with Gasteiger partial charge in [-0.3, -0.25) is 9.69 Å². The van der Waals surface area contributed by atoms with Gasteiger partial charge in [0, 0.05) is 18.6 Å².